The maximum absolute atomic E-state index is 13.4. The lowest BCUT2D eigenvalue weighted by atomic mass is 9.73. The van der Waals surface area contributed by atoms with Crippen LogP contribution in [0.2, 0.25) is 0 Å². The van der Waals surface area contributed by atoms with E-state index in [9.17, 15) is 9.59 Å². The van der Waals surface area contributed by atoms with Crippen LogP contribution in [-0.4, -0.2) is 53.8 Å². The van der Waals surface area contributed by atoms with E-state index in [0.29, 0.717) is 25.9 Å². The molecule has 1 saturated heterocycles. The molecule has 32 heavy (non-hydrogen) atoms. The van der Waals surface area contributed by atoms with Crippen molar-refractivity contribution in [3.8, 4) is 10.4 Å². The van der Waals surface area contributed by atoms with Crippen LogP contribution in [-0.2, 0) is 22.4 Å². The fourth-order valence-electron chi connectivity index (χ4n) is 4.67. The lowest BCUT2D eigenvalue weighted by Crippen LogP contribution is -2.54. The van der Waals surface area contributed by atoms with Gasteiger partial charge in [-0.2, -0.15) is 0 Å². The van der Waals surface area contributed by atoms with Crippen LogP contribution in [0.5, 0.6) is 0 Å². The molecular formula is C26H29N3O2S. The van der Waals surface area contributed by atoms with Crippen LogP contribution in [0.4, 0.5) is 0 Å². The summed E-state index contributed by atoms with van der Waals surface area (Å²) in [6.07, 6.45) is 5.98. The highest BCUT2D eigenvalue weighted by Crippen LogP contribution is 2.37. The summed E-state index contributed by atoms with van der Waals surface area (Å²) in [5, 5.41) is 2.08. The van der Waals surface area contributed by atoms with Gasteiger partial charge in [0.2, 0.25) is 11.8 Å². The molecule has 0 spiro atoms. The summed E-state index contributed by atoms with van der Waals surface area (Å²) in [6, 6.07) is 16.4. The smallest absolute Gasteiger partial charge is 0.230 e. The summed E-state index contributed by atoms with van der Waals surface area (Å²) in [4.78, 5) is 35.4. The SMILES string of the molecule is CN(C)C(=O)C1(Cc2cccc(-c3cccs3)c2)CCCN(C(=O)Cc2cccnc2)C1. The summed E-state index contributed by atoms with van der Waals surface area (Å²) >= 11 is 1.71. The number of amides is 2. The molecule has 0 aliphatic carbocycles. The number of piperidine rings is 1. The molecule has 0 bridgehead atoms. The summed E-state index contributed by atoms with van der Waals surface area (Å²) in [6.45, 7) is 1.14. The van der Waals surface area contributed by atoms with E-state index in [-0.39, 0.29) is 11.8 Å². The van der Waals surface area contributed by atoms with Crippen LogP contribution in [0.25, 0.3) is 10.4 Å². The Morgan fingerprint density at radius 1 is 1.12 bits per heavy atom. The summed E-state index contributed by atoms with van der Waals surface area (Å²) < 4.78 is 0. The zero-order chi connectivity index (χ0) is 22.6. The van der Waals surface area contributed by atoms with Gasteiger partial charge in [-0.3, -0.25) is 14.6 Å². The molecule has 5 nitrogen and oxygen atoms in total. The third kappa shape index (κ3) is 4.91. The number of likely N-dealkylation sites (tertiary alicyclic amines) is 1. The average Bonchev–Trinajstić information content (AvgIpc) is 3.34. The molecule has 2 aromatic heterocycles. The molecule has 6 heteroatoms. The first-order valence-electron chi connectivity index (χ1n) is 11.0. The predicted molar refractivity (Wildman–Crippen MR) is 128 cm³/mol. The molecule has 2 amide bonds. The van der Waals surface area contributed by atoms with Crippen LogP contribution in [0, 0.1) is 5.41 Å². The second kappa shape index (κ2) is 9.65. The molecule has 1 unspecified atom stereocenters. The van der Waals surface area contributed by atoms with Gasteiger partial charge < -0.3 is 9.80 Å². The van der Waals surface area contributed by atoms with E-state index in [1.165, 1.54) is 10.4 Å². The van der Waals surface area contributed by atoms with Gasteiger partial charge in [-0.25, -0.2) is 0 Å². The van der Waals surface area contributed by atoms with Gasteiger partial charge in [0, 0.05) is 44.5 Å². The minimum absolute atomic E-state index is 0.0565. The maximum atomic E-state index is 13.4. The van der Waals surface area contributed by atoms with E-state index in [4.69, 9.17) is 0 Å². The Labute approximate surface area is 193 Å². The number of benzene rings is 1. The Bertz CT molecular complexity index is 1070. The molecule has 1 aliphatic rings. The van der Waals surface area contributed by atoms with Gasteiger partial charge in [-0.1, -0.05) is 36.4 Å². The monoisotopic (exact) mass is 447 g/mol. The maximum Gasteiger partial charge on any atom is 0.230 e. The number of hydrogen-bond acceptors (Lipinski definition) is 4. The first-order chi connectivity index (χ1) is 15.5. The Hall–Kier alpha value is -2.99. The molecular weight excluding hydrogens is 418 g/mol. The Morgan fingerprint density at radius 3 is 2.69 bits per heavy atom. The second-order valence-electron chi connectivity index (χ2n) is 8.79. The molecule has 166 valence electrons. The first kappa shape index (κ1) is 22.2. The fourth-order valence-corrected chi connectivity index (χ4v) is 5.39. The number of carbonyl (C=O) groups is 2. The highest BCUT2D eigenvalue weighted by molar-refractivity contribution is 7.13. The van der Waals surface area contributed by atoms with Crippen molar-refractivity contribution < 1.29 is 9.59 Å². The predicted octanol–water partition coefficient (Wildman–Crippen LogP) is 4.29. The average molecular weight is 448 g/mol. The fraction of sp³-hybridized carbons (Fsp3) is 0.346. The molecule has 0 radical (unpaired) electrons. The topological polar surface area (TPSA) is 53.5 Å². The van der Waals surface area contributed by atoms with E-state index in [2.05, 4.69) is 46.8 Å². The molecule has 3 heterocycles. The minimum Gasteiger partial charge on any atom is -0.348 e. The third-order valence-corrected chi connectivity index (χ3v) is 7.06. The standard InChI is InChI=1S/C26H29N3O2S/c1-28(2)25(31)26(17-20-7-3-9-22(15-20)23-10-5-14-32-23)11-6-13-29(19-26)24(30)16-21-8-4-12-27-18-21/h3-5,7-10,12,14-15,18H,6,11,13,16-17,19H2,1-2H3. The van der Waals surface area contributed by atoms with Gasteiger partial charge >= 0.3 is 0 Å². The van der Waals surface area contributed by atoms with Crippen molar-refractivity contribution in [3.05, 3.63) is 77.4 Å². The van der Waals surface area contributed by atoms with Gasteiger partial charge in [0.15, 0.2) is 0 Å². The number of pyridine rings is 1. The number of carbonyl (C=O) groups excluding carboxylic acids is 2. The van der Waals surface area contributed by atoms with Crippen LogP contribution < -0.4 is 0 Å². The van der Waals surface area contributed by atoms with Gasteiger partial charge in [0.25, 0.3) is 0 Å². The molecule has 4 rings (SSSR count). The lowest BCUT2D eigenvalue weighted by Gasteiger charge is -2.43. The van der Waals surface area contributed by atoms with Crippen molar-refractivity contribution in [2.45, 2.75) is 25.7 Å². The molecule has 1 atom stereocenters. The van der Waals surface area contributed by atoms with E-state index < -0.39 is 5.41 Å². The largest absolute Gasteiger partial charge is 0.348 e. The van der Waals surface area contributed by atoms with E-state index in [0.717, 1.165) is 24.0 Å². The zero-order valence-electron chi connectivity index (χ0n) is 18.7. The molecule has 0 saturated carbocycles. The number of thiophene rings is 1. The van der Waals surface area contributed by atoms with Crippen molar-refractivity contribution in [1.82, 2.24) is 14.8 Å². The molecule has 1 fully saturated rings. The first-order valence-corrected chi connectivity index (χ1v) is 11.9. The van der Waals surface area contributed by atoms with E-state index in [1.54, 1.807) is 28.6 Å². The molecule has 3 aromatic rings. The second-order valence-corrected chi connectivity index (χ2v) is 9.74. The summed E-state index contributed by atoms with van der Waals surface area (Å²) in [5.74, 6) is 0.152. The van der Waals surface area contributed by atoms with E-state index >= 15 is 0 Å². The van der Waals surface area contributed by atoms with Gasteiger partial charge in [0.05, 0.1) is 11.8 Å². The summed E-state index contributed by atoms with van der Waals surface area (Å²) in [7, 11) is 3.62. The van der Waals surface area contributed by atoms with Crippen molar-refractivity contribution in [3.63, 3.8) is 0 Å². The molecule has 0 N–H and O–H groups in total. The van der Waals surface area contributed by atoms with Crippen molar-refractivity contribution in [1.29, 1.82) is 0 Å². The number of hydrogen-bond donors (Lipinski definition) is 0. The highest BCUT2D eigenvalue weighted by atomic mass is 32.1. The van der Waals surface area contributed by atoms with Gasteiger partial charge in [-0.15, -0.1) is 11.3 Å². The zero-order valence-corrected chi connectivity index (χ0v) is 19.5. The van der Waals surface area contributed by atoms with Gasteiger partial charge in [-0.05, 0) is 53.5 Å². The number of rotatable bonds is 6. The normalized spacial score (nSPS) is 18.4. The molecule has 1 aromatic carbocycles. The summed E-state index contributed by atoms with van der Waals surface area (Å²) in [5.41, 5.74) is 2.59. The number of nitrogens with zero attached hydrogens (tertiary/aromatic N) is 3. The van der Waals surface area contributed by atoms with Crippen molar-refractivity contribution >= 4 is 23.2 Å². The van der Waals surface area contributed by atoms with Gasteiger partial charge in [0.1, 0.15) is 0 Å². The van der Waals surface area contributed by atoms with Crippen LogP contribution in [0.3, 0.4) is 0 Å². The Morgan fingerprint density at radius 2 is 1.97 bits per heavy atom. The third-order valence-electron chi connectivity index (χ3n) is 6.14. The minimum atomic E-state index is -0.611. The van der Waals surface area contributed by atoms with Crippen molar-refractivity contribution in [2.24, 2.45) is 5.41 Å². The Kier molecular flexibility index (Phi) is 6.70. The van der Waals surface area contributed by atoms with Crippen LogP contribution in [0.1, 0.15) is 24.0 Å². The molecule has 1 aliphatic heterocycles. The highest BCUT2D eigenvalue weighted by Gasteiger charge is 2.44. The Balaban J connectivity index is 1.58. The van der Waals surface area contributed by atoms with E-state index in [1.807, 2.05) is 31.1 Å². The van der Waals surface area contributed by atoms with Crippen molar-refractivity contribution in [2.75, 3.05) is 27.2 Å². The lowest BCUT2D eigenvalue weighted by molar-refractivity contribution is -0.147. The van der Waals surface area contributed by atoms with Crippen LogP contribution in [0.15, 0.2) is 66.3 Å². The quantitative estimate of drug-likeness (QED) is 0.566. The van der Waals surface area contributed by atoms with Crippen LogP contribution >= 0.6 is 11.3 Å². The number of aromatic nitrogens is 1.